The Morgan fingerprint density at radius 2 is 1.91 bits per heavy atom. The number of carbonyl (C=O) groups is 1. The van der Waals surface area contributed by atoms with Crippen LogP contribution in [-0.2, 0) is 17.8 Å². The molecule has 0 bridgehead atoms. The Labute approximate surface area is 180 Å². The number of alkyl halides is 3. The number of H-pyrrole nitrogens is 1. The molecule has 0 aliphatic carbocycles. The van der Waals surface area contributed by atoms with E-state index in [1.165, 1.54) is 18.5 Å². The maximum atomic E-state index is 12.5. The first-order valence-corrected chi connectivity index (χ1v) is 9.89. The van der Waals surface area contributed by atoms with Crippen molar-refractivity contribution >= 4 is 5.91 Å². The normalized spacial score (nSPS) is 15.2. The summed E-state index contributed by atoms with van der Waals surface area (Å²) in [6.45, 7) is 3.06. The molecule has 170 valence electrons. The second-order valence-electron chi connectivity index (χ2n) is 7.19. The Balaban J connectivity index is 1.20. The standard InChI is InChI=1S/C19H20F3N7O3/c20-19(21,22)31-14-3-1-13(2-4-14)11-28-7-9-29(10-8-28)16(30)6-5-15-25-18(27-32-15)17-23-12-24-26-17/h1-4,12H,5-11H2,(H,23,24,26). The molecule has 13 heteroatoms. The van der Waals surface area contributed by atoms with Crippen LogP contribution in [0, 0.1) is 0 Å². The third-order valence-electron chi connectivity index (χ3n) is 4.94. The monoisotopic (exact) mass is 451 g/mol. The van der Waals surface area contributed by atoms with Gasteiger partial charge in [0.15, 0.2) is 5.82 Å². The minimum atomic E-state index is -4.70. The quantitative estimate of drug-likeness (QED) is 0.581. The Morgan fingerprint density at radius 1 is 1.16 bits per heavy atom. The van der Waals surface area contributed by atoms with E-state index in [0.717, 1.165) is 5.56 Å². The van der Waals surface area contributed by atoms with E-state index in [1.807, 2.05) is 0 Å². The van der Waals surface area contributed by atoms with Gasteiger partial charge in [0.05, 0.1) is 0 Å². The molecule has 0 saturated carbocycles. The molecule has 1 N–H and O–H groups in total. The average molecular weight is 451 g/mol. The summed E-state index contributed by atoms with van der Waals surface area (Å²) in [5.74, 6) is 0.784. The smallest absolute Gasteiger partial charge is 0.406 e. The number of halogens is 3. The number of rotatable bonds is 7. The molecule has 1 aromatic carbocycles. The number of piperazine rings is 1. The van der Waals surface area contributed by atoms with Crippen LogP contribution in [0.3, 0.4) is 0 Å². The molecular weight excluding hydrogens is 431 g/mol. The van der Waals surface area contributed by atoms with E-state index in [1.54, 1.807) is 17.0 Å². The first-order valence-electron chi connectivity index (χ1n) is 9.89. The highest BCUT2D eigenvalue weighted by atomic mass is 19.4. The summed E-state index contributed by atoms with van der Waals surface area (Å²) in [6.07, 6.45) is -2.79. The predicted molar refractivity (Wildman–Crippen MR) is 103 cm³/mol. The Bertz CT molecular complexity index is 1010. The molecule has 10 nitrogen and oxygen atoms in total. The highest BCUT2D eigenvalue weighted by Crippen LogP contribution is 2.23. The van der Waals surface area contributed by atoms with Crippen molar-refractivity contribution in [1.29, 1.82) is 0 Å². The number of aromatic amines is 1. The largest absolute Gasteiger partial charge is 0.573 e. The molecule has 3 heterocycles. The van der Waals surface area contributed by atoms with E-state index in [-0.39, 0.29) is 23.9 Å². The van der Waals surface area contributed by atoms with Gasteiger partial charge in [0, 0.05) is 45.6 Å². The van der Waals surface area contributed by atoms with Gasteiger partial charge in [0.25, 0.3) is 0 Å². The number of aryl methyl sites for hydroxylation is 1. The fraction of sp³-hybridized carbons (Fsp3) is 0.421. The lowest BCUT2D eigenvalue weighted by Crippen LogP contribution is -2.48. The van der Waals surface area contributed by atoms with Crippen LogP contribution in [0.25, 0.3) is 11.6 Å². The second-order valence-corrected chi connectivity index (χ2v) is 7.19. The third kappa shape index (κ3) is 5.81. The predicted octanol–water partition coefficient (Wildman–Crippen LogP) is 2.03. The fourth-order valence-electron chi connectivity index (χ4n) is 3.35. The number of nitrogens with one attached hydrogen (secondary N) is 1. The number of amides is 1. The number of nitrogens with zero attached hydrogens (tertiary/aromatic N) is 6. The Kier molecular flexibility index (Phi) is 6.35. The molecule has 0 atom stereocenters. The lowest BCUT2D eigenvalue weighted by Gasteiger charge is -2.34. The molecule has 3 aromatic rings. The van der Waals surface area contributed by atoms with Crippen molar-refractivity contribution in [3.63, 3.8) is 0 Å². The molecule has 0 spiro atoms. The molecule has 1 aliphatic heterocycles. The molecule has 2 aromatic heterocycles. The van der Waals surface area contributed by atoms with Gasteiger partial charge in [-0.05, 0) is 17.7 Å². The fourth-order valence-corrected chi connectivity index (χ4v) is 3.35. The van der Waals surface area contributed by atoms with Crippen molar-refractivity contribution < 1.29 is 27.2 Å². The van der Waals surface area contributed by atoms with Crippen molar-refractivity contribution in [2.45, 2.75) is 25.7 Å². The lowest BCUT2D eigenvalue weighted by molar-refractivity contribution is -0.274. The van der Waals surface area contributed by atoms with Gasteiger partial charge in [0.2, 0.25) is 17.6 Å². The van der Waals surface area contributed by atoms with Gasteiger partial charge in [-0.2, -0.15) is 10.1 Å². The minimum Gasteiger partial charge on any atom is -0.406 e. The minimum absolute atomic E-state index is 0.00211. The molecule has 32 heavy (non-hydrogen) atoms. The van der Waals surface area contributed by atoms with E-state index in [0.29, 0.717) is 50.9 Å². The van der Waals surface area contributed by atoms with Gasteiger partial charge in [-0.3, -0.25) is 14.8 Å². The van der Waals surface area contributed by atoms with Gasteiger partial charge in [-0.15, -0.1) is 13.2 Å². The molecule has 1 saturated heterocycles. The number of hydrogen-bond donors (Lipinski definition) is 1. The topological polar surface area (TPSA) is 113 Å². The number of benzene rings is 1. The van der Waals surface area contributed by atoms with E-state index in [9.17, 15) is 18.0 Å². The third-order valence-corrected chi connectivity index (χ3v) is 4.94. The van der Waals surface area contributed by atoms with Crippen LogP contribution in [0.15, 0.2) is 35.1 Å². The molecule has 1 aliphatic rings. The van der Waals surface area contributed by atoms with Gasteiger partial charge in [-0.25, -0.2) is 4.98 Å². The number of ether oxygens (including phenoxy) is 1. The number of hydrogen-bond acceptors (Lipinski definition) is 8. The summed E-state index contributed by atoms with van der Waals surface area (Å²) < 4.78 is 45.8. The van der Waals surface area contributed by atoms with Gasteiger partial charge in [-0.1, -0.05) is 17.3 Å². The first kappa shape index (κ1) is 21.7. The van der Waals surface area contributed by atoms with Crippen LogP contribution in [0.5, 0.6) is 5.75 Å². The zero-order valence-corrected chi connectivity index (χ0v) is 16.9. The summed E-state index contributed by atoms with van der Waals surface area (Å²) in [4.78, 5) is 24.6. The van der Waals surface area contributed by atoms with Gasteiger partial charge in [0.1, 0.15) is 12.1 Å². The summed E-state index contributed by atoms with van der Waals surface area (Å²) in [5.41, 5.74) is 0.873. The van der Waals surface area contributed by atoms with Crippen LogP contribution in [0.2, 0.25) is 0 Å². The lowest BCUT2D eigenvalue weighted by atomic mass is 10.2. The zero-order valence-electron chi connectivity index (χ0n) is 16.9. The second kappa shape index (κ2) is 9.34. The van der Waals surface area contributed by atoms with Crippen LogP contribution in [0.1, 0.15) is 17.9 Å². The zero-order chi connectivity index (χ0) is 22.6. The molecule has 1 fully saturated rings. The Hall–Kier alpha value is -3.48. The average Bonchev–Trinajstić information content (AvgIpc) is 3.45. The first-order chi connectivity index (χ1) is 15.4. The van der Waals surface area contributed by atoms with Crippen LogP contribution in [0.4, 0.5) is 13.2 Å². The number of aromatic nitrogens is 5. The van der Waals surface area contributed by atoms with Crippen molar-refractivity contribution in [3.8, 4) is 17.4 Å². The summed E-state index contributed by atoms with van der Waals surface area (Å²) in [5, 5.41) is 10.2. The van der Waals surface area contributed by atoms with E-state index in [2.05, 4.69) is 35.0 Å². The van der Waals surface area contributed by atoms with Crippen LogP contribution in [-0.4, -0.2) is 73.6 Å². The van der Waals surface area contributed by atoms with Crippen molar-refractivity contribution in [2.75, 3.05) is 26.2 Å². The summed E-state index contributed by atoms with van der Waals surface area (Å²) in [6, 6.07) is 5.81. The van der Waals surface area contributed by atoms with E-state index < -0.39 is 6.36 Å². The van der Waals surface area contributed by atoms with Gasteiger partial charge >= 0.3 is 6.36 Å². The SMILES string of the molecule is O=C(CCc1nc(-c2ncn[nH]2)no1)N1CCN(Cc2ccc(OC(F)(F)F)cc2)CC1. The molecule has 0 unspecified atom stereocenters. The van der Waals surface area contributed by atoms with E-state index in [4.69, 9.17) is 4.52 Å². The highest BCUT2D eigenvalue weighted by molar-refractivity contribution is 5.76. The summed E-state index contributed by atoms with van der Waals surface area (Å²) >= 11 is 0. The molecule has 4 rings (SSSR count). The van der Waals surface area contributed by atoms with Crippen LogP contribution >= 0.6 is 0 Å². The van der Waals surface area contributed by atoms with Crippen LogP contribution < -0.4 is 4.74 Å². The van der Waals surface area contributed by atoms with E-state index >= 15 is 0 Å². The molecule has 1 amide bonds. The molecule has 0 radical (unpaired) electrons. The van der Waals surface area contributed by atoms with Crippen molar-refractivity contribution in [3.05, 3.63) is 42.0 Å². The Morgan fingerprint density at radius 3 is 2.56 bits per heavy atom. The van der Waals surface area contributed by atoms with Gasteiger partial charge < -0.3 is 14.2 Å². The number of carbonyl (C=O) groups excluding carboxylic acids is 1. The highest BCUT2D eigenvalue weighted by Gasteiger charge is 2.31. The van der Waals surface area contributed by atoms with Crippen molar-refractivity contribution in [2.24, 2.45) is 0 Å². The maximum Gasteiger partial charge on any atom is 0.573 e. The van der Waals surface area contributed by atoms with Crippen molar-refractivity contribution in [1.82, 2.24) is 35.1 Å². The summed E-state index contributed by atoms with van der Waals surface area (Å²) in [7, 11) is 0. The molecular formula is C19H20F3N7O3. The maximum absolute atomic E-state index is 12.5.